The summed E-state index contributed by atoms with van der Waals surface area (Å²) in [5.41, 5.74) is 0.146. The van der Waals surface area contributed by atoms with E-state index >= 15 is 4.39 Å². The molecule has 2 N–H and O–H groups in total. The molecule has 212 valence electrons. The Balaban J connectivity index is 0.00000216. The average Bonchev–Trinajstić information content (AvgIpc) is 3.57. The largest absolute Gasteiger partial charge is 0.469 e. The minimum atomic E-state index is -0.696. The highest BCUT2D eigenvalue weighted by Gasteiger charge is 2.22. The highest BCUT2D eigenvalue weighted by atomic mass is 19.1. The maximum absolute atomic E-state index is 15.5. The summed E-state index contributed by atoms with van der Waals surface area (Å²) in [6.45, 7) is 9.05. The molecule has 2 amide bonds. The van der Waals surface area contributed by atoms with Gasteiger partial charge in [0.05, 0.1) is 30.1 Å². The molecule has 0 saturated carbocycles. The van der Waals surface area contributed by atoms with Gasteiger partial charge in [-0.2, -0.15) is 0 Å². The molecule has 12 heteroatoms. The first kappa shape index (κ1) is 29.8. The van der Waals surface area contributed by atoms with Crippen molar-refractivity contribution in [2.24, 2.45) is 0 Å². The van der Waals surface area contributed by atoms with Crippen LogP contribution in [0.25, 0.3) is 16.9 Å². The van der Waals surface area contributed by atoms with Crippen molar-refractivity contribution in [1.82, 2.24) is 19.9 Å². The van der Waals surface area contributed by atoms with Gasteiger partial charge in [-0.15, -0.1) is 5.10 Å². The molecule has 11 nitrogen and oxygen atoms in total. The number of benzene rings is 1. The summed E-state index contributed by atoms with van der Waals surface area (Å²) in [5, 5.41) is 9.55. The van der Waals surface area contributed by atoms with Crippen LogP contribution in [0.5, 0.6) is 0 Å². The van der Waals surface area contributed by atoms with E-state index in [-0.39, 0.29) is 47.1 Å². The van der Waals surface area contributed by atoms with Gasteiger partial charge in [-0.3, -0.25) is 9.59 Å². The van der Waals surface area contributed by atoms with Crippen molar-refractivity contribution >= 4 is 29.2 Å². The highest BCUT2D eigenvalue weighted by Crippen LogP contribution is 2.25. The van der Waals surface area contributed by atoms with Crippen molar-refractivity contribution in [2.45, 2.75) is 53.2 Å². The topological polar surface area (TPSA) is 137 Å². The van der Waals surface area contributed by atoms with E-state index in [1.807, 2.05) is 13.8 Å². The van der Waals surface area contributed by atoms with Crippen molar-refractivity contribution in [2.75, 3.05) is 12.4 Å². The fourth-order valence-electron chi connectivity index (χ4n) is 3.56. The lowest BCUT2D eigenvalue weighted by Gasteiger charge is -2.19. The zero-order valence-corrected chi connectivity index (χ0v) is 23.2. The van der Waals surface area contributed by atoms with E-state index in [4.69, 9.17) is 9.15 Å². The number of carbonyl (C=O) groups is 3. The zero-order valence-electron chi connectivity index (χ0n) is 23.2. The van der Waals surface area contributed by atoms with Gasteiger partial charge in [0.2, 0.25) is 0 Å². The van der Waals surface area contributed by atoms with Crippen LogP contribution in [0.4, 0.5) is 14.9 Å². The number of hydrogen-bond acceptors (Lipinski definition) is 8. The molecular formula is C28H32FN5O6. The van der Waals surface area contributed by atoms with Crippen LogP contribution >= 0.6 is 0 Å². The lowest BCUT2D eigenvalue weighted by Crippen LogP contribution is -2.32. The number of fused-ring (bicyclic) bond motifs is 1. The summed E-state index contributed by atoms with van der Waals surface area (Å²) in [7, 11) is 1.25. The lowest BCUT2D eigenvalue weighted by molar-refractivity contribution is -0.140. The normalized spacial score (nSPS) is 10.9. The molecule has 0 aliphatic carbocycles. The second-order valence-corrected chi connectivity index (χ2v) is 9.22. The Labute approximate surface area is 230 Å². The number of hydrogen-bond donors (Lipinski definition) is 2. The zero-order chi connectivity index (χ0) is 29.4. The SMILES string of the molecule is CC.COC(=O)Cc1occc1NC(=O)c1nc(-c2cccc(CNC(=O)OC(C)(C)C)c2F)nn2cccc12. The van der Waals surface area contributed by atoms with Gasteiger partial charge in [0.25, 0.3) is 5.91 Å². The summed E-state index contributed by atoms with van der Waals surface area (Å²) in [4.78, 5) is 41.2. The third kappa shape index (κ3) is 7.22. The number of methoxy groups -OCH3 is 1. The number of ether oxygens (including phenoxy) is 2. The van der Waals surface area contributed by atoms with E-state index in [1.165, 1.54) is 36.1 Å². The van der Waals surface area contributed by atoms with Gasteiger partial charge in [0.15, 0.2) is 11.5 Å². The van der Waals surface area contributed by atoms with E-state index < -0.39 is 29.4 Å². The third-order valence-corrected chi connectivity index (χ3v) is 5.27. The van der Waals surface area contributed by atoms with Crippen LogP contribution in [0.15, 0.2) is 53.3 Å². The van der Waals surface area contributed by atoms with Gasteiger partial charge >= 0.3 is 12.1 Å². The van der Waals surface area contributed by atoms with E-state index in [2.05, 4.69) is 25.5 Å². The Kier molecular flexibility index (Phi) is 9.59. The predicted molar refractivity (Wildman–Crippen MR) is 145 cm³/mol. The number of esters is 1. The van der Waals surface area contributed by atoms with Crippen molar-refractivity contribution in [1.29, 1.82) is 0 Å². The first-order valence-electron chi connectivity index (χ1n) is 12.6. The molecule has 0 radical (unpaired) electrons. The Hall–Kier alpha value is -4.74. The van der Waals surface area contributed by atoms with Crippen LogP contribution in [0, 0.1) is 5.82 Å². The number of anilines is 1. The van der Waals surface area contributed by atoms with Gasteiger partial charge in [0.1, 0.15) is 23.6 Å². The predicted octanol–water partition coefficient (Wildman–Crippen LogP) is 5.15. The maximum atomic E-state index is 15.5. The number of alkyl carbamates (subject to hydrolysis) is 1. The second-order valence-electron chi connectivity index (χ2n) is 9.22. The number of carbonyl (C=O) groups excluding carboxylic acids is 3. The summed E-state index contributed by atoms with van der Waals surface area (Å²) >= 11 is 0. The number of nitrogens with zero attached hydrogens (tertiary/aromatic N) is 3. The number of furan rings is 1. The molecule has 3 aromatic heterocycles. The summed E-state index contributed by atoms with van der Waals surface area (Å²) in [5.74, 6) is -1.64. The van der Waals surface area contributed by atoms with Crippen molar-refractivity contribution < 1.29 is 32.7 Å². The lowest BCUT2D eigenvalue weighted by atomic mass is 10.1. The first-order chi connectivity index (χ1) is 19.1. The fourth-order valence-corrected chi connectivity index (χ4v) is 3.56. The maximum Gasteiger partial charge on any atom is 0.407 e. The van der Waals surface area contributed by atoms with Crippen LogP contribution in [-0.4, -0.2) is 45.3 Å². The van der Waals surface area contributed by atoms with Crippen molar-refractivity contribution in [3.8, 4) is 11.4 Å². The van der Waals surface area contributed by atoms with Crippen LogP contribution in [0.2, 0.25) is 0 Å². The molecule has 4 rings (SSSR count). The van der Waals surface area contributed by atoms with Crippen molar-refractivity contribution in [3.63, 3.8) is 0 Å². The number of amides is 2. The monoisotopic (exact) mass is 553 g/mol. The average molecular weight is 554 g/mol. The Bertz CT molecular complexity index is 1500. The van der Waals surface area contributed by atoms with Crippen LogP contribution in [0.1, 0.15) is 56.4 Å². The first-order valence-corrected chi connectivity index (χ1v) is 12.6. The van der Waals surface area contributed by atoms with Crippen LogP contribution in [-0.2, 0) is 27.2 Å². The summed E-state index contributed by atoms with van der Waals surface area (Å²) in [6.07, 6.45) is 2.07. The molecule has 0 bridgehead atoms. The number of nitrogens with one attached hydrogen (secondary N) is 2. The summed E-state index contributed by atoms with van der Waals surface area (Å²) < 4.78 is 32.0. The molecule has 40 heavy (non-hydrogen) atoms. The molecular weight excluding hydrogens is 521 g/mol. The molecule has 1 aromatic carbocycles. The highest BCUT2D eigenvalue weighted by molar-refractivity contribution is 6.08. The van der Waals surface area contributed by atoms with Crippen LogP contribution in [0.3, 0.4) is 0 Å². The Morgan fingerprint density at radius 1 is 1.10 bits per heavy atom. The van der Waals surface area contributed by atoms with E-state index in [0.29, 0.717) is 5.52 Å². The number of rotatable bonds is 7. The van der Waals surface area contributed by atoms with E-state index in [9.17, 15) is 14.4 Å². The van der Waals surface area contributed by atoms with E-state index in [1.54, 1.807) is 45.2 Å². The molecule has 0 unspecified atom stereocenters. The minimum absolute atomic E-state index is 0.0260. The quantitative estimate of drug-likeness (QED) is 0.300. The van der Waals surface area contributed by atoms with E-state index in [0.717, 1.165) is 0 Å². The molecule has 0 fully saturated rings. The number of halogens is 1. The molecule has 3 heterocycles. The third-order valence-electron chi connectivity index (χ3n) is 5.27. The number of aromatic nitrogens is 3. The standard InChI is InChI=1S/C26H26FN5O6.C2H6/c1-26(2,3)38-25(35)28-14-15-7-5-8-16(21(15)27)23-30-22(18-9-6-11-32(18)31-23)24(34)29-17-10-12-37-19(17)13-20(33)36-4;1-2/h5-12H,13-14H2,1-4H3,(H,28,35)(H,29,34);1-2H3. The minimum Gasteiger partial charge on any atom is -0.469 e. The van der Waals surface area contributed by atoms with Crippen LogP contribution < -0.4 is 10.6 Å². The molecule has 0 saturated heterocycles. The molecule has 0 aliphatic rings. The smallest absolute Gasteiger partial charge is 0.407 e. The summed E-state index contributed by atoms with van der Waals surface area (Å²) in [6, 6.07) is 9.39. The Morgan fingerprint density at radius 3 is 2.55 bits per heavy atom. The van der Waals surface area contributed by atoms with Gasteiger partial charge in [-0.05, 0) is 39.0 Å². The van der Waals surface area contributed by atoms with Gasteiger partial charge in [-0.1, -0.05) is 26.0 Å². The molecule has 0 atom stereocenters. The molecule has 0 spiro atoms. The van der Waals surface area contributed by atoms with Gasteiger partial charge in [-0.25, -0.2) is 18.7 Å². The fraction of sp³-hybridized carbons (Fsp3) is 0.321. The Morgan fingerprint density at radius 2 is 1.85 bits per heavy atom. The molecule has 4 aromatic rings. The van der Waals surface area contributed by atoms with Gasteiger partial charge < -0.3 is 24.5 Å². The second kappa shape index (κ2) is 12.9. The van der Waals surface area contributed by atoms with Crippen molar-refractivity contribution in [3.05, 3.63) is 71.7 Å². The molecule has 0 aliphatic heterocycles. The van der Waals surface area contributed by atoms with Gasteiger partial charge in [0, 0.05) is 24.4 Å².